The maximum Gasteiger partial charge on any atom is 0.326 e. The van der Waals surface area contributed by atoms with Gasteiger partial charge in [-0.15, -0.1) is 0 Å². The van der Waals surface area contributed by atoms with Crippen molar-refractivity contribution in [1.29, 1.82) is 0 Å². The lowest BCUT2D eigenvalue weighted by Crippen LogP contribution is -2.57. The summed E-state index contributed by atoms with van der Waals surface area (Å²) in [6.07, 6.45) is -1.28. The molecule has 0 aliphatic heterocycles. The second-order valence-corrected chi connectivity index (χ2v) is 7.54. The third kappa shape index (κ3) is 11.5. The van der Waals surface area contributed by atoms with Crippen molar-refractivity contribution >= 4 is 35.6 Å². The van der Waals surface area contributed by atoms with Gasteiger partial charge in [0.15, 0.2) is 0 Å². The number of nitrogens with one attached hydrogen (secondary N) is 3. The van der Waals surface area contributed by atoms with Gasteiger partial charge in [0.2, 0.25) is 23.6 Å². The molecule has 31 heavy (non-hydrogen) atoms. The zero-order valence-corrected chi connectivity index (χ0v) is 17.7. The number of aliphatic carboxylic acids is 2. The summed E-state index contributed by atoms with van der Waals surface area (Å²) in [5, 5.41) is 24.8. The molecule has 0 aromatic carbocycles. The van der Waals surface area contributed by atoms with Crippen LogP contribution in [0.1, 0.15) is 46.5 Å². The minimum Gasteiger partial charge on any atom is -0.481 e. The van der Waals surface area contributed by atoms with Crippen LogP contribution < -0.4 is 27.4 Å². The highest BCUT2D eigenvalue weighted by Gasteiger charge is 2.31. The molecule has 4 atom stereocenters. The second kappa shape index (κ2) is 13.2. The van der Waals surface area contributed by atoms with Crippen molar-refractivity contribution in [2.45, 2.75) is 70.6 Å². The first-order valence-corrected chi connectivity index (χ1v) is 9.64. The van der Waals surface area contributed by atoms with Gasteiger partial charge in [-0.3, -0.25) is 24.0 Å². The Morgan fingerprint density at radius 1 is 0.806 bits per heavy atom. The number of amides is 4. The molecule has 0 aromatic rings. The highest BCUT2D eigenvalue weighted by molar-refractivity contribution is 5.96. The number of hydrogen-bond donors (Lipinski definition) is 7. The first-order chi connectivity index (χ1) is 14.2. The maximum absolute atomic E-state index is 12.6. The summed E-state index contributed by atoms with van der Waals surface area (Å²) in [6.45, 7) is 4.88. The first-order valence-electron chi connectivity index (χ1n) is 9.64. The molecule has 0 saturated heterocycles. The molecule has 176 valence electrons. The zero-order valence-electron chi connectivity index (χ0n) is 17.7. The minimum absolute atomic E-state index is 0.105. The number of rotatable bonds is 14. The van der Waals surface area contributed by atoms with E-state index >= 15 is 0 Å². The van der Waals surface area contributed by atoms with Crippen molar-refractivity contribution in [1.82, 2.24) is 16.0 Å². The lowest BCUT2D eigenvalue weighted by Gasteiger charge is -2.25. The zero-order chi connectivity index (χ0) is 24.3. The molecular formula is C18H31N5O8. The monoisotopic (exact) mass is 445 g/mol. The summed E-state index contributed by atoms with van der Waals surface area (Å²) in [6, 6.07) is -5.04. The van der Waals surface area contributed by atoms with E-state index in [9.17, 15) is 33.9 Å². The molecule has 0 aliphatic carbocycles. The van der Waals surface area contributed by atoms with Crippen molar-refractivity contribution in [2.75, 3.05) is 0 Å². The Morgan fingerprint density at radius 3 is 1.71 bits per heavy atom. The molecule has 0 aromatic heterocycles. The van der Waals surface area contributed by atoms with Crippen LogP contribution in [0.4, 0.5) is 0 Å². The predicted molar refractivity (Wildman–Crippen MR) is 107 cm³/mol. The van der Waals surface area contributed by atoms with E-state index in [1.165, 1.54) is 6.92 Å². The fourth-order valence-electron chi connectivity index (χ4n) is 2.49. The van der Waals surface area contributed by atoms with Gasteiger partial charge in [-0.2, -0.15) is 0 Å². The van der Waals surface area contributed by atoms with Gasteiger partial charge in [-0.1, -0.05) is 13.8 Å². The molecule has 0 bridgehead atoms. The van der Waals surface area contributed by atoms with Crippen LogP contribution in [0.15, 0.2) is 0 Å². The molecule has 4 unspecified atom stereocenters. The molecule has 9 N–H and O–H groups in total. The lowest BCUT2D eigenvalue weighted by atomic mass is 10.0. The smallest absolute Gasteiger partial charge is 0.326 e. The van der Waals surface area contributed by atoms with Crippen LogP contribution in [0, 0.1) is 5.92 Å². The predicted octanol–water partition coefficient (Wildman–Crippen LogP) is -2.34. The average Bonchev–Trinajstić information content (AvgIpc) is 2.62. The fourth-order valence-corrected chi connectivity index (χ4v) is 2.49. The Hall–Kier alpha value is -3.22. The number of primary amides is 1. The van der Waals surface area contributed by atoms with E-state index in [2.05, 4.69) is 16.0 Å². The van der Waals surface area contributed by atoms with Gasteiger partial charge in [-0.25, -0.2) is 4.79 Å². The molecule has 13 nitrogen and oxygen atoms in total. The lowest BCUT2D eigenvalue weighted by molar-refractivity contribution is -0.143. The number of carbonyl (C=O) groups excluding carboxylic acids is 4. The molecule has 0 spiro atoms. The molecule has 0 radical (unpaired) electrons. The molecule has 0 rings (SSSR count). The van der Waals surface area contributed by atoms with Gasteiger partial charge in [-0.05, 0) is 25.7 Å². The third-order valence-electron chi connectivity index (χ3n) is 4.05. The molecule has 13 heteroatoms. The largest absolute Gasteiger partial charge is 0.481 e. The van der Waals surface area contributed by atoms with Crippen molar-refractivity contribution in [3.63, 3.8) is 0 Å². The van der Waals surface area contributed by atoms with Gasteiger partial charge in [0.05, 0.1) is 12.5 Å². The van der Waals surface area contributed by atoms with Crippen LogP contribution in [0.2, 0.25) is 0 Å². The van der Waals surface area contributed by atoms with Gasteiger partial charge in [0.25, 0.3) is 0 Å². The van der Waals surface area contributed by atoms with Crippen LogP contribution in [0.3, 0.4) is 0 Å². The number of carboxylic acid groups (broad SMARTS) is 2. The normalized spacial score (nSPS) is 14.6. The van der Waals surface area contributed by atoms with Gasteiger partial charge in [0, 0.05) is 6.42 Å². The summed E-state index contributed by atoms with van der Waals surface area (Å²) in [7, 11) is 0. The molecule has 0 aliphatic rings. The van der Waals surface area contributed by atoms with Crippen LogP contribution in [-0.4, -0.2) is 69.9 Å². The third-order valence-corrected chi connectivity index (χ3v) is 4.05. The Morgan fingerprint density at radius 2 is 1.29 bits per heavy atom. The molecule has 4 amide bonds. The number of nitrogens with two attached hydrogens (primary N) is 2. The van der Waals surface area contributed by atoms with E-state index < -0.39 is 72.6 Å². The highest BCUT2D eigenvalue weighted by atomic mass is 16.4. The summed E-state index contributed by atoms with van der Waals surface area (Å²) >= 11 is 0. The summed E-state index contributed by atoms with van der Waals surface area (Å²) < 4.78 is 0. The molecule has 0 heterocycles. The summed E-state index contributed by atoms with van der Waals surface area (Å²) in [5.74, 6) is -6.10. The topological polar surface area (TPSA) is 231 Å². The average molecular weight is 445 g/mol. The van der Waals surface area contributed by atoms with Gasteiger partial charge < -0.3 is 37.6 Å². The molecule has 0 saturated carbocycles. The van der Waals surface area contributed by atoms with E-state index in [0.29, 0.717) is 0 Å². The van der Waals surface area contributed by atoms with E-state index in [0.717, 1.165) is 0 Å². The van der Waals surface area contributed by atoms with Crippen molar-refractivity contribution < 1.29 is 39.0 Å². The Kier molecular flexibility index (Phi) is 11.8. The van der Waals surface area contributed by atoms with Crippen molar-refractivity contribution in [2.24, 2.45) is 17.4 Å². The fraction of sp³-hybridized carbons (Fsp3) is 0.667. The number of carboxylic acids is 2. The van der Waals surface area contributed by atoms with Crippen LogP contribution >= 0.6 is 0 Å². The van der Waals surface area contributed by atoms with Crippen LogP contribution in [0.5, 0.6) is 0 Å². The van der Waals surface area contributed by atoms with E-state index in [1.807, 2.05) is 0 Å². The SMILES string of the molecule is CC(C)CC(NC(=O)C(CC(N)=O)NC(=O)C(C)N)C(=O)NC(CCC(=O)O)C(=O)O. The minimum atomic E-state index is -1.48. The van der Waals surface area contributed by atoms with Crippen LogP contribution in [0.25, 0.3) is 0 Å². The Balaban J connectivity index is 5.45. The van der Waals surface area contributed by atoms with Crippen LogP contribution in [-0.2, 0) is 28.8 Å². The van der Waals surface area contributed by atoms with Gasteiger partial charge >= 0.3 is 11.9 Å². The first kappa shape index (κ1) is 27.8. The van der Waals surface area contributed by atoms with Crippen molar-refractivity contribution in [3.8, 4) is 0 Å². The van der Waals surface area contributed by atoms with E-state index in [4.69, 9.17) is 16.6 Å². The quantitative estimate of drug-likeness (QED) is 0.151. The standard InChI is InChI=1S/C18H31N5O8/c1-8(2)6-11(16(28)21-10(18(30)31)4-5-14(25)26)23-17(29)12(7-13(20)24)22-15(27)9(3)19/h8-12H,4-7,19H2,1-3H3,(H2,20,24)(H,21,28)(H,22,27)(H,23,29)(H,25,26)(H,30,31). The summed E-state index contributed by atoms with van der Waals surface area (Å²) in [4.78, 5) is 70.3. The second-order valence-electron chi connectivity index (χ2n) is 7.54. The Bertz CT molecular complexity index is 694. The highest BCUT2D eigenvalue weighted by Crippen LogP contribution is 2.08. The number of carbonyl (C=O) groups is 6. The summed E-state index contributed by atoms with van der Waals surface area (Å²) in [5.41, 5.74) is 10.6. The maximum atomic E-state index is 12.6. The molecule has 0 fully saturated rings. The van der Waals surface area contributed by atoms with E-state index in [1.54, 1.807) is 13.8 Å². The van der Waals surface area contributed by atoms with Crippen molar-refractivity contribution in [3.05, 3.63) is 0 Å². The Labute approximate surface area is 179 Å². The van der Waals surface area contributed by atoms with E-state index in [-0.39, 0.29) is 18.8 Å². The number of hydrogen-bond acceptors (Lipinski definition) is 7. The molecular weight excluding hydrogens is 414 g/mol. The van der Waals surface area contributed by atoms with Gasteiger partial charge in [0.1, 0.15) is 18.1 Å².